The number of aryl methyl sites for hydroxylation is 1. The van der Waals surface area contributed by atoms with Gasteiger partial charge in [0, 0.05) is 5.69 Å². The third kappa shape index (κ3) is 5.73. The van der Waals surface area contributed by atoms with Crippen LogP contribution in [0.5, 0.6) is 0 Å². The Morgan fingerprint density at radius 2 is 1.70 bits per heavy atom. The lowest BCUT2D eigenvalue weighted by Gasteiger charge is -2.22. The van der Waals surface area contributed by atoms with E-state index < -0.39 is 23.6 Å². The van der Waals surface area contributed by atoms with Crippen LogP contribution < -0.4 is 10.6 Å². The van der Waals surface area contributed by atoms with Gasteiger partial charge < -0.3 is 15.4 Å². The van der Waals surface area contributed by atoms with Gasteiger partial charge in [0.05, 0.1) is 0 Å². The number of anilines is 1. The fraction of sp³-hybridized carbons (Fsp3) is 0.467. The average Bonchev–Trinajstić information content (AvgIpc) is 2.29. The number of hydrogen-bond donors (Lipinski definition) is 2. The SMILES string of the molecule is Cc1ccc(NC(=O)N[C@@H](C)C(=O)OC(C)(C)C)cc1. The van der Waals surface area contributed by atoms with E-state index in [-0.39, 0.29) is 0 Å². The van der Waals surface area contributed by atoms with Crippen LogP contribution in [0, 0.1) is 6.92 Å². The van der Waals surface area contributed by atoms with E-state index in [0.717, 1.165) is 5.56 Å². The lowest BCUT2D eigenvalue weighted by atomic mass is 10.2. The van der Waals surface area contributed by atoms with E-state index in [4.69, 9.17) is 4.74 Å². The molecule has 0 saturated heterocycles. The van der Waals surface area contributed by atoms with Crippen molar-refractivity contribution in [2.24, 2.45) is 0 Å². The molecule has 20 heavy (non-hydrogen) atoms. The number of ether oxygens (including phenoxy) is 1. The summed E-state index contributed by atoms with van der Waals surface area (Å²) < 4.78 is 5.18. The number of carbonyl (C=O) groups is 2. The van der Waals surface area contributed by atoms with Crippen molar-refractivity contribution in [2.45, 2.75) is 46.3 Å². The molecule has 110 valence electrons. The molecule has 0 saturated carbocycles. The van der Waals surface area contributed by atoms with E-state index in [2.05, 4.69) is 10.6 Å². The molecular formula is C15H22N2O3. The minimum Gasteiger partial charge on any atom is -0.458 e. The number of urea groups is 1. The molecule has 1 aromatic rings. The van der Waals surface area contributed by atoms with Crippen molar-refractivity contribution in [1.29, 1.82) is 0 Å². The van der Waals surface area contributed by atoms with Gasteiger partial charge in [-0.2, -0.15) is 0 Å². The summed E-state index contributed by atoms with van der Waals surface area (Å²) in [5.74, 6) is -0.462. The minimum absolute atomic E-state index is 0.438. The summed E-state index contributed by atoms with van der Waals surface area (Å²) in [6.07, 6.45) is 0. The smallest absolute Gasteiger partial charge is 0.328 e. The van der Waals surface area contributed by atoms with E-state index in [1.165, 1.54) is 0 Å². The Kier molecular flexibility index (Phi) is 5.13. The van der Waals surface area contributed by atoms with Gasteiger partial charge in [-0.15, -0.1) is 0 Å². The highest BCUT2D eigenvalue weighted by Gasteiger charge is 2.22. The molecular weight excluding hydrogens is 256 g/mol. The summed E-state index contributed by atoms with van der Waals surface area (Å²) in [6.45, 7) is 8.90. The zero-order valence-corrected chi connectivity index (χ0v) is 12.6. The molecule has 0 unspecified atom stereocenters. The average molecular weight is 278 g/mol. The number of hydrogen-bond acceptors (Lipinski definition) is 3. The number of nitrogens with one attached hydrogen (secondary N) is 2. The summed E-state index contributed by atoms with van der Waals surface area (Å²) in [5, 5.41) is 5.20. The molecule has 0 aromatic heterocycles. The lowest BCUT2D eigenvalue weighted by molar-refractivity contribution is -0.156. The van der Waals surface area contributed by atoms with Crippen LogP contribution in [0.15, 0.2) is 24.3 Å². The zero-order valence-electron chi connectivity index (χ0n) is 12.6. The van der Waals surface area contributed by atoms with Crippen LogP contribution in [0.25, 0.3) is 0 Å². The maximum atomic E-state index is 11.7. The van der Waals surface area contributed by atoms with Crippen molar-refractivity contribution >= 4 is 17.7 Å². The van der Waals surface area contributed by atoms with Gasteiger partial charge in [0.15, 0.2) is 0 Å². The first kappa shape index (κ1) is 16.0. The van der Waals surface area contributed by atoms with Crippen molar-refractivity contribution in [3.8, 4) is 0 Å². The Morgan fingerprint density at radius 3 is 2.20 bits per heavy atom. The molecule has 0 aliphatic rings. The Balaban J connectivity index is 2.49. The molecule has 0 aliphatic heterocycles. The molecule has 1 atom stereocenters. The molecule has 2 amide bonds. The highest BCUT2D eigenvalue weighted by molar-refractivity contribution is 5.92. The van der Waals surface area contributed by atoms with Crippen LogP contribution in [0.1, 0.15) is 33.3 Å². The normalized spacial score (nSPS) is 12.4. The minimum atomic E-state index is -0.709. The van der Waals surface area contributed by atoms with Gasteiger partial charge >= 0.3 is 12.0 Å². The maximum absolute atomic E-state index is 11.7. The van der Waals surface area contributed by atoms with E-state index in [0.29, 0.717) is 5.69 Å². The van der Waals surface area contributed by atoms with E-state index in [1.54, 1.807) is 39.8 Å². The molecule has 0 fully saturated rings. The number of benzene rings is 1. The standard InChI is InChI=1S/C15H22N2O3/c1-10-6-8-12(9-7-10)17-14(19)16-11(2)13(18)20-15(3,4)5/h6-9,11H,1-5H3,(H2,16,17,19)/t11-/m0/s1. The van der Waals surface area contributed by atoms with Gasteiger partial charge in [-0.3, -0.25) is 0 Å². The van der Waals surface area contributed by atoms with E-state index >= 15 is 0 Å². The summed E-state index contributed by atoms with van der Waals surface area (Å²) in [5.41, 5.74) is 1.21. The molecule has 0 bridgehead atoms. The van der Waals surface area contributed by atoms with Gasteiger partial charge in [-0.1, -0.05) is 17.7 Å². The van der Waals surface area contributed by atoms with Crippen LogP contribution in [0.2, 0.25) is 0 Å². The molecule has 1 aromatic carbocycles. The van der Waals surface area contributed by atoms with Gasteiger partial charge in [0.2, 0.25) is 0 Å². The lowest BCUT2D eigenvalue weighted by Crippen LogP contribution is -2.43. The van der Waals surface area contributed by atoms with Crippen molar-refractivity contribution in [1.82, 2.24) is 5.32 Å². The van der Waals surface area contributed by atoms with Crippen molar-refractivity contribution in [2.75, 3.05) is 5.32 Å². The molecule has 2 N–H and O–H groups in total. The molecule has 0 heterocycles. The Bertz CT molecular complexity index is 475. The zero-order chi connectivity index (χ0) is 15.3. The molecule has 5 heteroatoms. The summed E-state index contributed by atoms with van der Waals surface area (Å²) >= 11 is 0. The van der Waals surface area contributed by atoms with Gasteiger partial charge in [-0.25, -0.2) is 9.59 Å². The van der Waals surface area contributed by atoms with Crippen LogP contribution in [0.4, 0.5) is 10.5 Å². The predicted octanol–water partition coefficient (Wildman–Crippen LogP) is 2.85. The fourth-order valence-electron chi connectivity index (χ4n) is 1.45. The second-order valence-electron chi connectivity index (χ2n) is 5.72. The number of rotatable bonds is 3. The van der Waals surface area contributed by atoms with Gasteiger partial charge in [-0.05, 0) is 46.8 Å². The van der Waals surface area contributed by atoms with E-state index in [9.17, 15) is 9.59 Å². The quantitative estimate of drug-likeness (QED) is 0.835. The van der Waals surface area contributed by atoms with Crippen LogP contribution in [-0.2, 0) is 9.53 Å². The van der Waals surface area contributed by atoms with Crippen molar-refractivity contribution in [3.05, 3.63) is 29.8 Å². The Labute approximate surface area is 119 Å². The fourth-order valence-corrected chi connectivity index (χ4v) is 1.45. The third-order valence-electron chi connectivity index (χ3n) is 2.42. The topological polar surface area (TPSA) is 67.4 Å². The highest BCUT2D eigenvalue weighted by atomic mass is 16.6. The Morgan fingerprint density at radius 1 is 1.15 bits per heavy atom. The van der Waals surface area contributed by atoms with Crippen molar-refractivity contribution in [3.63, 3.8) is 0 Å². The number of carbonyl (C=O) groups excluding carboxylic acids is 2. The third-order valence-corrected chi connectivity index (χ3v) is 2.42. The second kappa shape index (κ2) is 6.41. The van der Waals surface area contributed by atoms with Gasteiger partial charge in [0.1, 0.15) is 11.6 Å². The van der Waals surface area contributed by atoms with E-state index in [1.807, 2.05) is 19.1 Å². The van der Waals surface area contributed by atoms with Crippen LogP contribution in [0.3, 0.4) is 0 Å². The maximum Gasteiger partial charge on any atom is 0.328 e. The largest absolute Gasteiger partial charge is 0.458 e. The summed E-state index contributed by atoms with van der Waals surface area (Å²) in [7, 11) is 0. The number of amides is 2. The molecule has 5 nitrogen and oxygen atoms in total. The first-order chi connectivity index (χ1) is 9.17. The second-order valence-corrected chi connectivity index (χ2v) is 5.72. The molecule has 0 radical (unpaired) electrons. The first-order valence-electron chi connectivity index (χ1n) is 6.54. The highest BCUT2D eigenvalue weighted by Crippen LogP contribution is 2.10. The van der Waals surface area contributed by atoms with Gasteiger partial charge in [0.25, 0.3) is 0 Å². The van der Waals surface area contributed by atoms with Crippen LogP contribution >= 0.6 is 0 Å². The summed E-state index contributed by atoms with van der Waals surface area (Å²) in [6, 6.07) is 6.24. The summed E-state index contributed by atoms with van der Waals surface area (Å²) in [4.78, 5) is 23.5. The Hall–Kier alpha value is -2.04. The predicted molar refractivity (Wildman–Crippen MR) is 78.6 cm³/mol. The van der Waals surface area contributed by atoms with Crippen LogP contribution in [-0.4, -0.2) is 23.6 Å². The first-order valence-corrected chi connectivity index (χ1v) is 6.54. The molecule has 0 aliphatic carbocycles. The monoisotopic (exact) mass is 278 g/mol. The molecule has 0 spiro atoms. The number of esters is 1. The van der Waals surface area contributed by atoms with Crippen molar-refractivity contribution < 1.29 is 14.3 Å². The molecule has 1 rings (SSSR count).